The van der Waals surface area contributed by atoms with Crippen LogP contribution >= 0.6 is 0 Å². The number of benzene rings is 3. The third-order valence-corrected chi connectivity index (χ3v) is 4.76. The number of anilines is 2. The van der Waals surface area contributed by atoms with Gasteiger partial charge in [-0.1, -0.05) is 54.6 Å². The Labute approximate surface area is 156 Å². The topological polar surface area (TPSA) is 47.2 Å². The number of imidazole rings is 1. The van der Waals surface area contributed by atoms with E-state index in [4.69, 9.17) is 0 Å². The van der Waals surface area contributed by atoms with E-state index in [0.717, 1.165) is 35.0 Å². The molecule has 0 bridgehead atoms. The average molecular weight is 353 g/mol. The highest BCUT2D eigenvalue weighted by Crippen LogP contribution is 2.26. The molecule has 0 spiro atoms. The largest absolute Gasteiger partial charge is 0.324 e. The summed E-state index contributed by atoms with van der Waals surface area (Å²) < 4.78 is 4.29. The first kappa shape index (κ1) is 15.6. The molecule has 1 N–H and O–H groups in total. The van der Waals surface area contributed by atoms with Gasteiger partial charge in [-0.3, -0.25) is 0 Å². The van der Waals surface area contributed by atoms with Gasteiger partial charge in [0.15, 0.2) is 0 Å². The number of aryl methyl sites for hydroxylation is 1. The van der Waals surface area contributed by atoms with Gasteiger partial charge < -0.3 is 9.88 Å². The molecule has 0 aliphatic carbocycles. The molecule has 3 aromatic carbocycles. The van der Waals surface area contributed by atoms with Gasteiger partial charge in [0.05, 0.1) is 17.6 Å². The Morgan fingerprint density at radius 3 is 2.41 bits per heavy atom. The van der Waals surface area contributed by atoms with Crippen molar-refractivity contribution in [1.82, 2.24) is 19.2 Å². The third-order valence-electron chi connectivity index (χ3n) is 4.76. The molecule has 0 unspecified atom stereocenters. The van der Waals surface area contributed by atoms with E-state index in [2.05, 4.69) is 86.0 Å². The van der Waals surface area contributed by atoms with Gasteiger partial charge in [-0.15, -0.1) is 10.2 Å². The zero-order valence-corrected chi connectivity index (χ0v) is 15.0. The zero-order valence-electron chi connectivity index (χ0n) is 15.0. The van der Waals surface area contributed by atoms with Crippen molar-refractivity contribution in [2.24, 2.45) is 0 Å². The molecular formula is C22H19N5. The van der Waals surface area contributed by atoms with Crippen molar-refractivity contribution in [1.29, 1.82) is 0 Å². The number of rotatable bonds is 4. The van der Waals surface area contributed by atoms with E-state index >= 15 is 0 Å². The zero-order chi connectivity index (χ0) is 18.2. The summed E-state index contributed by atoms with van der Waals surface area (Å²) in [6, 6.07) is 27.0. The lowest BCUT2D eigenvalue weighted by atomic mass is 10.2. The second-order valence-corrected chi connectivity index (χ2v) is 6.71. The maximum absolute atomic E-state index is 4.48. The molecule has 0 aliphatic rings. The third kappa shape index (κ3) is 2.73. The Morgan fingerprint density at radius 2 is 1.59 bits per heavy atom. The molecule has 5 nitrogen and oxygen atoms in total. The van der Waals surface area contributed by atoms with Gasteiger partial charge >= 0.3 is 0 Å². The van der Waals surface area contributed by atoms with Crippen LogP contribution < -0.4 is 5.32 Å². The molecule has 5 aromatic rings. The van der Waals surface area contributed by atoms with Crippen LogP contribution in [0.4, 0.5) is 11.6 Å². The minimum absolute atomic E-state index is 0.721. The van der Waals surface area contributed by atoms with Gasteiger partial charge in [0.25, 0.3) is 0 Å². The van der Waals surface area contributed by atoms with Crippen molar-refractivity contribution in [2.75, 3.05) is 5.32 Å². The second-order valence-electron chi connectivity index (χ2n) is 6.71. The molecule has 2 aromatic heterocycles. The minimum Gasteiger partial charge on any atom is -0.324 e. The summed E-state index contributed by atoms with van der Waals surface area (Å²) in [4.78, 5) is 0. The van der Waals surface area contributed by atoms with Crippen molar-refractivity contribution < 1.29 is 0 Å². The Hall–Kier alpha value is -3.60. The van der Waals surface area contributed by atoms with Crippen LogP contribution in [-0.4, -0.2) is 19.2 Å². The maximum Gasteiger partial charge on any atom is 0.238 e. The molecule has 0 aliphatic heterocycles. The molecule has 0 saturated carbocycles. The van der Waals surface area contributed by atoms with Gasteiger partial charge in [0.1, 0.15) is 0 Å². The molecule has 0 atom stereocenters. The highest BCUT2D eigenvalue weighted by Gasteiger charge is 2.16. The normalized spacial score (nSPS) is 11.3. The van der Waals surface area contributed by atoms with Crippen LogP contribution in [0.3, 0.4) is 0 Å². The van der Waals surface area contributed by atoms with E-state index in [1.807, 2.05) is 24.3 Å². The summed E-state index contributed by atoms with van der Waals surface area (Å²) in [6.45, 7) is 2.83. The van der Waals surface area contributed by atoms with Crippen LogP contribution in [0.5, 0.6) is 0 Å². The summed E-state index contributed by atoms with van der Waals surface area (Å²) in [5.74, 6) is 1.55. The Kier molecular flexibility index (Phi) is 3.64. The first-order valence-electron chi connectivity index (χ1n) is 8.99. The predicted octanol–water partition coefficient (Wildman–Crippen LogP) is 4.78. The molecule has 5 rings (SSSR count). The fourth-order valence-electron chi connectivity index (χ4n) is 3.52. The number of fused-ring (bicyclic) bond motifs is 3. The van der Waals surface area contributed by atoms with Crippen LogP contribution in [0, 0.1) is 6.92 Å². The van der Waals surface area contributed by atoms with E-state index in [-0.39, 0.29) is 0 Å². The van der Waals surface area contributed by atoms with Crippen molar-refractivity contribution in [3.05, 3.63) is 90.0 Å². The van der Waals surface area contributed by atoms with Crippen LogP contribution in [0.15, 0.2) is 78.9 Å². The number of nitrogens with zero attached hydrogens (tertiary/aromatic N) is 4. The summed E-state index contributed by atoms with van der Waals surface area (Å²) in [5, 5.41) is 12.3. The average Bonchev–Trinajstić information content (AvgIpc) is 3.23. The quantitative estimate of drug-likeness (QED) is 0.505. The maximum atomic E-state index is 4.48. The number of aromatic nitrogens is 4. The van der Waals surface area contributed by atoms with Crippen LogP contribution in [-0.2, 0) is 6.54 Å². The molecule has 0 fully saturated rings. The van der Waals surface area contributed by atoms with Gasteiger partial charge in [0, 0.05) is 5.69 Å². The summed E-state index contributed by atoms with van der Waals surface area (Å²) >= 11 is 0. The smallest absolute Gasteiger partial charge is 0.238 e. The highest BCUT2D eigenvalue weighted by atomic mass is 15.4. The van der Waals surface area contributed by atoms with E-state index in [1.54, 1.807) is 0 Å². The van der Waals surface area contributed by atoms with Gasteiger partial charge in [-0.25, -0.2) is 4.40 Å². The SMILES string of the molecule is Cc1cccc(Nc2nnc3n(Cc4ccccc4)c4ccccc4n23)c1. The van der Waals surface area contributed by atoms with Gasteiger partial charge in [-0.05, 0) is 42.3 Å². The van der Waals surface area contributed by atoms with Crippen LogP contribution in [0.2, 0.25) is 0 Å². The lowest BCUT2D eigenvalue weighted by Gasteiger charge is -2.04. The lowest BCUT2D eigenvalue weighted by Crippen LogP contribution is -2.00. The molecule has 2 heterocycles. The number of nitrogens with one attached hydrogen (secondary N) is 1. The van der Waals surface area contributed by atoms with E-state index in [1.165, 1.54) is 11.1 Å². The molecule has 0 radical (unpaired) electrons. The van der Waals surface area contributed by atoms with Gasteiger partial charge in [-0.2, -0.15) is 0 Å². The molecular weight excluding hydrogens is 334 g/mol. The number of para-hydroxylation sites is 2. The first-order chi connectivity index (χ1) is 13.3. The number of hydrogen-bond donors (Lipinski definition) is 1. The fraction of sp³-hybridized carbons (Fsp3) is 0.0909. The van der Waals surface area contributed by atoms with E-state index in [9.17, 15) is 0 Å². The Morgan fingerprint density at radius 1 is 0.815 bits per heavy atom. The monoisotopic (exact) mass is 353 g/mol. The van der Waals surface area contributed by atoms with Crippen LogP contribution in [0.25, 0.3) is 16.8 Å². The predicted molar refractivity (Wildman–Crippen MR) is 108 cm³/mol. The Bertz CT molecular complexity index is 1230. The van der Waals surface area contributed by atoms with Crippen molar-refractivity contribution in [2.45, 2.75) is 13.5 Å². The van der Waals surface area contributed by atoms with E-state index in [0.29, 0.717) is 0 Å². The van der Waals surface area contributed by atoms with Crippen molar-refractivity contribution in [3.8, 4) is 0 Å². The van der Waals surface area contributed by atoms with E-state index < -0.39 is 0 Å². The Balaban J connectivity index is 1.66. The second kappa shape index (κ2) is 6.29. The molecule has 0 amide bonds. The number of hydrogen-bond acceptors (Lipinski definition) is 3. The van der Waals surface area contributed by atoms with Crippen molar-refractivity contribution >= 4 is 28.4 Å². The molecule has 27 heavy (non-hydrogen) atoms. The van der Waals surface area contributed by atoms with Crippen molar-refractivity contribution in [3.63, 3.8) is 0 Å². The summed E-state index contributed by atoms with van der Waals surface area (Å²) in [7, 11) is 0. The molecule has 0 saturated heterocycles. The lowest BCUT2D eigenvalue weighted by molar-refractivity contribution is 0.839. The fourth-order valence-corrected chi connectivity index (χ4v) is 3.52. The van der Waals surface area contributed by atoms with Crippen LogP contribution in [0.1, 0.15) is 11.1 Å². The molecule has 5 heteroatoms. The highest BCUT2D eigenvalue weighted by molar-refractivity contribution is 5.83. The summed E-state index contributed by atoms with van der Waals surface area (Å²) in [5.41, 5.74) is 5.66. The summed E-state index contributed by atoms with van der Waals surface area (Å²) in [6.07, 6.45) is 0. The minimum atomic E-state index is 0.721. The first-order valence-corrected chi connectivity index (χ1v) is 8.99. The molecule has 132 valence electrons. The van der Waals surface area contributed by atoms with Gasteiger partial charge in [0.2, 0.25) is 11.7 Å². The standard InChI is InChI=1S/C22H19N5/c1-16-8-7-11-18(14-16)23-21-24-25-22-26(15-17-9-3-2-4-10-17)19-12-5-6-13-20(19)27(21)22/h2-14H,15H2,1H3,(H,23,24).